The maximum Gasteiger partial charge on any atom is 0.308 e. The van der Waals surface area contributed by atoms with Gasteiger partial charge in [-0.25, -0.2) is 4.98 Å². The highest BCUT2D eigenvalue weighted by molar-refractivity contribution is 5.70. The summed E-state index contributed by atoms with van der Waals surface area (Å²) in [6.45, 7) is 9.25. The third-order valence-electron chi connectivity index (χ3n) is 2.72. The van der Waals surface area contributed by atoms with Gasteiger partial charge in [0.05, 0.1) is 5.92 Å². The number of hydrogen-bond donors (Lipinski definition) is 1. The number of rotatable bonds is 6. The van der Waals surface area contributed by atoms with Crippen molar-refractivity contribution in [1.29, 1.82) is 0 Å². The molecule has 100 valence electrons. The number of carboxylic acid groups (broad SMARTS) is 1. The van der Waals surface area contributed by atoms with Crippen molar-refractivity contribution in [3.8, 4) is 0 Å². The molecule has 1 atom stereocenters. The van der Waals surface area contributed by atoms with Gasteiger partial charge >= 0.3 is 5.97 Å². The monoisotopic (exact) mass is 250 g/mol. The van der Waals surface area contributed by atoms with Crippen LogP contribution in [-0.2, 0) is 4.79 Å². The Morgan fingerprint density at radius 3 is 2.44 bits per heavy atom. The first-order valence-corrected chi connectivity index (χ1v) is 6.30. The summed E-state index contributed by atoms with van der Waals surface area (Å²) in [5.74, 6) is 0.152. The molecule has 0 saturated carbocycles. The number of anilines is 1. The Labute approximate surface area is 109 Å². The van der Waals surface area contributed by atoms with Crippen molar-refractivity contribution in [3.05, 3.63) is 23.9 Å². The SMILES string of the molecule is Cc1ccc(N(CC(C)C)CC(C)C(=O)O)nc1. The zero-order valence-electron chi connectivity index (χ0n) is 11.6. The number of hydrogen-bond acceptors (Lipinski definition) is 3. The molecule has 0 spiro atoms. The Balaban J connectivity index is 2.83. The summed E-state index contributed by atoms with van der Waals surface area (Å²) in [6, 6.07) is 3.95. The van der Waals surface area contributed by atoms with Gasteiger partial charge in [-0.15, -0.1) is 0 Å². The largest absolute Gasteiger partial charge is 0.481 e. The molecule has 0 aliphatic heterocycles. The molecule has 1 rings (SSSR count). The van der Waals surface area contributed by atoms with Crippen LogP contribution in [0, 0.1) is 18.8 Å². The third-order valence-corrected chi connectivity index (χ3v) is 2.72. The molecule has 1 N–H and O–H groups in total. The predicted molar refractivity (Wildman–Crippen MR) is 72.8 cm³/mol. The molecule has 1 aromatic heterocycles. The number of pyridine rings is 1. The molecule has 1 unspecified atom stereocenters. The summed E-state index contributed by atoms with van der Waals surface area (Å²) >= 11 is 0. The average Bonchev–Trinajstić information content (AvgIpc) is 2.28. The molecule has 0 radical (unpaired) electrons. The molecule has 1 aromatic rings. The average molecular weight is 250 g/mol. The van der Waals surface area contributed by atoms with Gasteiger partial charge < -0.3 is 10.0 Å². The normalized spacial score (nSPS) is 12.5. The lowest BCUT2D eigenvalue weighted by Gasteiger charge is -2.27. The number of aromatic nitrogens is 1. The van der Waals surface area contributed by atoms with Gasteiger partial charge in [-0.3, -0.25) is 4.79 Å². The number of aryl methyl sites for hydroxylation is 1. The first-order valence-electron chi connectivity index (χ1n) is 6.30. The van der Waals surface area contributed by atoms with E-state index in [1.54, 1.807) is 6.92 Å². The smallest absolute Gasteiger partial charge is 0.308 e. The molecule has 1 heterocycles. The van der Waals surface area contributed by atoms with Gasteiger partial charge in [-0.05, 0) is 24.5 Å². The molecule has 0 saturated heterocycles. The van der Waals surface area contributed by atoms with Gasteiger partial charge in [0.2, 0.25) is 0 Å². The van der Waals surface area contributed by atoms with E-state index in [1.807, 2.05) is 30.2 Å². The van der Waals surface area contributed by atoms with Crippen LogP contribution in [0.2, 0.25) is 0 Å². The Kier molecular flexibility index (Phi) is 5.13. The minimum absolute atomic E-state index is 0.396. The van der Waals surface area contributed by atoms with E-state index in [1.165, 1.54) is 0 Å². The predicted octanol–water partition coefficient (Wildman–Crippen LogP) is 2.57. The number of nitrogens with zero attached hydrogens (tertiary/aromatic N) is 2. The maximum atomic E-state index is 11.0. The summed E-state index contributed by atoms with van der Waals surface area (Å²) in [4.78, 5) is 17.4. The third kappa shape index (κ3) is 4.35. The molecular formula is C14H22N2O2. The van der Waals surface area contributed by atoms with Gasteiger partial charge in [0.25, 0.3) is 0 Å². The van der Waals surface area contributed by atoms with Crippen molar-refractivity contribution in [3.63, 3.8) is 0 Å². The lowest BCUT2D eigenvalue weighted by atomic mass is 10.1. The lowest BCUT2D eigenvalue weighted by Crippen LogP contribution is -2.35. The van der Waals surface area contributed by atoms with Crippen molar-refractivity contribution in [1.82, 2.24) is 4.98 Å². The van der Waals surface area contributed by atoms with Crippen LogP contribution in [0.4, 0.5) is 5.82 Å². The fraction of sp³-hybridized carbons (Fsp3) is 0.571. The second kappa shape index (κ2) is 6.38. The van der Waals surface area contributed by atoms with Crippen LogP contribution in [-0.4, -0.2) is 29.1 Å². The van der Waals surface area contributed by atoms with E-state index in [4.69, 9.17) is 5.11 Å². The van der Waals surface area contributed by atoms with Crippen molar-refractivity contribution >= 4 is 11.8 Å². The second-order valence-electron chi connectivity index (χ2n) is 5.23. The van der Waals surface area contributed by atoms with Crippen LogP contribution < -0.4 is 4.90 Å². The highest BCUT2D eigenvalue weighted by Gasteiger charge is 2.18. The summed E-state index contributed by atoms with van der Waals surface area (Å²) < 4.78 is 0. The zero-order chi connectivity index (χ0) is 13.7. The van der Waals surface area contributed by atoms with Gasteiger partial charge in [0.15, 0.2) is 0 Å². The summed E-state index contributed by atoms with van der Waals surface area (Å²) in [5, 5.41) is 9.01. The first-order chi connectivity index (χ1) is 8.40. The van der Waals surface area contributed by atoms with E-state index in [2.05, 4.69) is 18.8 Å². The maximum absolute atomic E-state index is 11.0. The molecule has 0 aliphatic rings. The van der Waals surface area contributed by atoms with Crippen molar-refractivity contribution in [2.45, 2.75) is 27.7 Å². The molecule has 0 aromatic carbocycles. The quantitative estimate of drug-likeness (QED) is 0.843. The molecule has 18 heavy (non-hydrogen) atoms. The van der Waals surface area contributed by atoms with Crippen molar-refractivity contribution in [2.24, 2.45) is 11.8 Å². The van der Waals surface area contributed by atoms with Crippen molar-refractivity contribution in [2.75, 3.05) is 18.0 Å². The fourth-order valence-electron chi connectivity index (χ4n) is 1.76. The minimum Gasteiger partial charge on any atom is -0.481 e. The van der Waals surface area contributed by atoms with Crippen LogP contribution in [0.5, 0.6) is 0 Å². The van der Waals surface area contributed by atoms with E-state index in [-0.39, 0.29) is 0 Å². The van der Waals surface area contributed by atoms with Gasteiger partial charge in [-0.2, -0.15) is 0 Å². The van der Waals surface area contributed by atoms with E-state index in [0.717, 1.165) is 17.9 Å². The van der Waals surface area contributed by atoms with E-state index in [9.17, 15) is 4.79 Å². The summed E-state index contributed by atoms with van der Waals surface area (Å²) in [7, 11) is 0. The standard InChI is InChI=1S/C14H22N2O2/c1-10(2)8-16(9-12(4)14(17)18)13-6-5-11(3)7-15-13/h5-7,10,12H,8-9H2,1-4H3,(H,17,18). The molecule has 0 fully saturated rings. The highest BCUT2D eigenvalue weighted by Crippen LogP contribution is 2.15. The lowest BCUT2D eigenvalue weighted by molar-refractivity contribution is -0.140. The molecule has 4 heteroatoms. The Hall–Kier alpha value is -1.58. The van der Waals surface area contributed by atoms with E-state index in [0.29, 0.717) is 12.5 Å². The zero-order valence-corrected chi connectivity index (χ0v) is 11.6. The first kappa shape index (κ1) is 14.5. The highest BCUT2D eigenvalue weighted by atomic mass is 16.4. The Morgan fingerprint density at radius 2 is 2.00 bits per heavy atom. The number of aliphatic carboxylic acids is 1. The van der Waals surface area contributed by atoms with Crippen LogP contribution in [0.15, 0.2) is 18.3 Å². The van der Waals surface area contributed by atoms with Gasteiger partial charge in [0.1, 0.15) is 5.82 Å². The summed E-state index contributed by atoms with van der Waals surface area (Å²) in [6.07, 6.45) is 1.81. The van der Waals surface area contributed by atoms with Crippen LogP contribution in [0.3, 0.4) is 0 Å². The van der Waals surface area contributed by atoms with Crippen molar-refractivity contribution < 1.29 is 9.90 Å². The van der Waals surface area contributed by atoms with Crippen LogP contribution in [0.1, 0.15) is 26.3 Å². The van der Waals surface area contributed by atoms with Gasteiger partial charge in [-0.1, -0.05) is 26.8 Å². The molecule has 0 amide bonds. The van der Waals surface area contributed by atoms with Crippen LogP contribution in [0.25, 0.3) is 0 Å². The van der Waals surface area contributed by atoms with Crippen LogP contribution >= 0.6 is 0 Å². The molecule has 4 nitrogen and oxygen atoms in total. The van der Waals surface area contributed by atoms with Gasteiger partial charge in [0, 0.05) is 19.3 Å². The van der Waals surface area contributed by atoms with E-state index < -0.39 is 11.9 Å². The minimum atomic E-state index is -0.768. The Morgan fingerprint density at radius 1 is 1.33 bits per heavy atom. The Bertz CT molecular complexity index is 387. The number of carboxylic acids is 1. The molecule has 0 bridgehead atoms. The topological polar surface area (TPSA) is 53.4 Å². The number of carbonyl (C=O) groups is 1. The summed E-state index contributed by atoms with van der Waals surface area (Å²) in [5.41, 5.74) is 1.11. The second-order valence-corrected chi connectivity index (χ2v) is 5.23. The molecular weight excluding hydrogens is 228 g/mol. The molecule has 0 aliphatic carbocycles. The fourth-order valence-corrected chi connectivity index (χ4v) is 1.76. The van der Waals surface area contributed by atoms with E-state index >= 15 is 0 Å².